The molecule has 1 aliphatic rings. The highest BCUT2D eigenvalue weighted by Crippen LogP contribution is 2.36. The molecule has 0 aromatic heterocycles. The lowest BCUT2D eigenvalue weighted by Gasteiger charge is -2.21. The average molecular weight is 362 g/mol. The minimum atomic E-state index is -0.366. The highest BCUT2D eigenvalue weighted by atomic mass is 35.5. The number of fused-ring (bicyclic) bond motifs is 2. The zero-order valence-electron chi connectivity index (χ0n) is 13.5. The number of hydrogen-bond acceptors (Lipinski definition) is 3. The van der Waals surface area contributed by atoms with E-state index >= 15 is 0 Å². The predicted octanol–water partition coefficient (Wildman–Crippen LogP) is 4.37. The van der Waals surface area contributed by atoms with Crippen molar-refractivity contribution < 1.29 is 14.4 Å². The molecule has 0 aliphatic heterocycles. The molecule has 0 atom stereocenters. The number of rotatable bonds is 2. The van der Waals surface area contributed by atoms with Gasteiger partial charge in [0.15, 0.2) is 11.6 Å². The quantitative estimate of drug-likeness (QED) is 0.576. The van der Waals surface area contributed by atoms with E-state index in [0.717, 1.165) is 0 Å². The van der Waals surface area contributed by atoms with Crippen molar-refractivity contribution in [1.29, 1.82) is 0 Å². The van der Waals surface area contributed by atoms with Crippen LogP contribution < -0.4 is 5.32 Å². The standard InChI is InChI=1S/C21H12ClNO3/c22-15-10-11-16(23-21(26)12-6-2-1-3-7-12)18-17(15)19(24)13-8-4-5-9-14(13)20(18)25/h1-11H,(H,23,26). The number of halogens is 1. The first-order valence-corrected chi connectivity index (χ1v) is 8.33. The van der Waals surface area contributed by atoms with Crippen molar-refractivity contribution in [1.82, 2.24) is 0 Å². The second kappa shape index (κ2) is 6.24. The van der Waals surface area contributed by atoms with E-state index in [4.69, 9.17) is 11.6 Å². The molecule has 0 bridgehead atoms. The van der Waals surface area contributed by atoms with Gasteiger partial charge in [0, 0.05) is 16.7 Å². The van der Waals surface area contributed by atoms with Gasteiger partial charge in [-0.1, -0.05) is 54.1 Å². The molecule has 0 radical (unpaired) electrons. The Morgan fingerprint density at radius 3 is 1.96 bits per heavy atom. The number of nitrogens with one attached hydrogen (secondary N) is 1. The average Bonchev–Trinajstić information content (AvgIpc) is 2.68. The molecule has 0 fully saturated rings. The van der Waals surface area contributed by atoms with Gasteiger partial charge in [0.2, 0.25) is 0 Å². The molecule has 26 heavy (non-hydrogen) atoms. The van der Waals surface area contributed by atoms with Crippen molar-refractivity contribution in [2.45, 2.75) is 0 Å². The van der Waals surface area contributed by atoms with Crippen molar-refractivity contribution in [3.8, 4) is 0 Å². The Bertz CT molecular complexity index is 1070. The first-order chi connectivity index (χ1) is 12.6. The fourth-order valence-electron chi connectivity index (χ4n) is 3.07. The summed E-state index contributed by atoms with van der Waals surface area (Å²) < 4.78 is 0. The lowest BCUT2D eigenvalue weighted by Crippen LogP contribution is -2.24. The molecule has 1 aliphatic carbocycles. The number of ketones is 2. The number of carbonyl (C=O) groups excluding carboxylic acids is 3. The zero-order valence-corrected chi connectivity index (χ0v) is 14.2. The lowest BCUT2D eigenvalue weighted by molar-refractivity contribution is 0.0978. The smallest absolute Gasteiger partial charge is 0.255 e. The van der Waals surface area contributed by atoms with Crippen molar-refractivity contribution >= 4 is 34.8 Å². The van der Waals surface area contributed by atoms with E-state index in [1.54, 1.807) is 60.7 Å². The van der Waals surface area contributed by atoms with Gasteiger partial charge in [-0.05, 0) is 24.3 Å². The van der Waals surface area contributed by atoms with Crippen molar-refractivity contribution in [2.24, 2.45) is 0 Å². The molecule has 0 heterocycles. The van der Waals surface area contributed by atoms with Gasteiger partial charge in [-0.15, -0.1) is 0 Å². The van der Waals surface area contributed by atoms with Crippen LogP contribution >= 0.6 is 11.6 Å². The second-order valence-corrected chi connectivity index (χ2v) is 6.28. The minimum absolute atomic E-state index is 0.126. The Morgan fingerprint density at radius 1 is 0.731 bits per heavy atom. The monoisotopic (exact) mass is 361 g/mol. The Hall–Kier alpha value is -3.24. The van der Waals surface area contributed by atoms with E-state index in [-0.39, 0.29) is 39.3 Å². The number of benzene rings is 3. The van der Waals surface area contributed by atoms with Gasteiger partial charge in [-0.2, -0.15) is 0 Å². The molecule has 1 N–H and O–H groups in total. The highest BCUT2D eigenvalue weighted by molar-refractivity contribution is 6.40. The van der Waals surface area contributed by atoms with Crippen LogP contribution in [0.4, 0.5) is 5.69 Å². The second-order valence-electron chi connectivity index (χ2n) is 5.87. The number of hydrogen-bond donors (Lipinski definition) is 1. The number of anilines is 1. The van der Waals surface area contributed by atoms with Gasteiger partial charge in [0.1, 0.15) is 0 Å². The Balaban J connectivity index is 1.84. The van der Waals surface area contributed by atoms with Crippen molar-refractivity contribution in [3.63, 3.8) is 0 Å². The van der Waals surface area contributed by atoms with Crippen LogP contribution in [0, 0.1) is 0 Å². The molecule has 0 spiro atoms. The molecule has 5 heteroatoms. The summed E-state index contributed by atoms with van der Waals surface area (Å²) in [5, 5.41) is 2.91. The van der Waals surface area contributed by atoms with Crippen LogP contribution in [0.25, 0.3) is 0 Å². The van der Waals surface area contributed by atoms with Gasteiger partial charge in [0.05, 0.1) is 21.8 Å². The number of carbonyl (C=O) groups is 3. The number of amides is 1. The maximum absolute atomic E-state index is 13.0. The summed E-state index contributed by atoms with van der Waals surface area (Å²) in [6.45, 7) is 0. The fourth-order valence-corrected chi connectivity index (χ4v) is 3.32. The van der Waals surface area contributed by atoms with Crippen LogP contribution in [0.3, 0.4) is 0 Å². The fraction of sp³-hybridized carbons (Fsp3) is 0. The summed E-state index contributed by atoms with van der Waals surface area (Å²) in [5.74, 6) is -1.02. The van der Waals surface area contributed by atoms with E-state index in [9.17, 15) is 14.4 Å². The van der Waals surface area contributed by atoms with Crippen LogP contribution in [0.5, 0.6) is 0 Å². The summed E-state index contributed by atoms with van der Waals surface area (Å²) in [7, 11) is 0. The maximum atomic E-state index is 13.0. The Labute approximate surface area is 154 Å². The molecule has 1 amide bonds. The van der Waals surface area contributed by atoms with Crippen LogP contribution in [0.1, 0.15) is 42.2 Å². The summed E-state index contributed by atoms with van der Waals surface area (Å²) >= 11 is 6.21. The van der Waals surface area contributed by atoms with Crippen LogP contribution in [0.15, 0.2) is 66.7 Å². The first kappa shape index (κ1) is 16.2. The van der Waals surface area contributed by atoms with Crippen molar-refractivity contribution in [3.05, 3.63) is 99.6 Å². The lowest BCUT2D eigenvalue weighted by atomic mass is 9.83. The molecular formula is C21H12ClNO3. The SMILES string of the molecule is O=C(Nc1ccc(Cl)c2c1C(=O)c1ccccc1C2=O)c1ccccc1. The molecule has 0 unspecified atom stereocenters. The molecular weight excluding hydrogens is 350 g/mol. The van der Waals surface area contributed by atoms with Crippen LogP contribution in [-0.2, 0) is 0 Å². The molecule has 4 rings (SSSR count). The van der Waals surface area contributed by atoms with E-state index in [1.165, 1.54) is 6.07 Å². The largest absolute Gasteiger partial charge is 0.321 e. The van der Waals surface area contributed by atoms with E-state index < -0.39 is 0 Å². The first-order valence-electron chi connectivity index (χ1n) is 7.95. The van der Waals surface area contributed by atoms with Crippen LogP contribution in [0.2, 0.25) is 5.02 Å². The molecule has 3 aromatic carbocycles. The highest BCUT2D eigenvalue weighted by Gasteiger charge is 2.33. The Kier molecular flexibility index (Phi) is 3.90. The van der Waals surface area contributed by atoms with Gasteiger partial charge < -0.3 is 5.32 Å². The minimum Gasteiger partial charge on any atom is -0.321 e. The maximum Gasteiger partial charge on any atom is 0.255 e. The topological polar surface area (TPSA) is 63.2 Å². The normalized spacial score (nSPS) is 12.3. The van der Waals surface area contributed by atoms with Crippen molar-refractivity contribution in [2.75, 3.05) is 5.32 Å². The van der Waals surface area contributed by atoms with Gasteiger partial charge >= 0.3 is 0 Å². The van der Waals surface area contributed by atoms with Gasteiger partial charge in [-0.3, -0.25) is 14.4 Å². The summed E-state index contributed by atoms with van der Waals surface area (Å²) in [6.07, 6.45) is 0. The summed E-state index contributed by atoms with van der Waals surface area (Å²) in [5.41, 5.74) is 1.60. The van der Waals surface area contributed by atoms with Gasteiger partial charge in [-0.25, -0.2) is 0 Å². The third-order valence-corrected chi connectivity index (χ3v) is 4.62. The molecule has 0 saturated heterocycles. The molecule has 0 saturated carbocycles. The Morgan fingerprint density at radius 2 is 1.31 bits per heavy atom. The molecule has 126 valence electrons. The summed E-state index contributed by atoms with van der Waals surface area (Å²) in [6, 6.07) is 18.3. The van der Waals surface area contributed by atoms with E-state index in [1.807, 2.05) is 0 Å². The van der Waals surface area contributed by atoms with E-state index in [0.29, 0.717) is 16.7 Å². The predicted molar refractivity (Wildman–Crippen MR) is 99.2 cm³/mol. The third-order valence-electron chi connectivity index (χ3n) is 4.31. The summed E-state index contributed by atoms with van der Waals surface area (Å²) in [4.78, 5) is 38.3. The zero-order chi connectivity index (χ0) is 18.3. The van der Waals surface area contributed by atoms with Gasteiger partial charge in [0.25, 0.3) is 5.91 Å². The molecule has 3 aromatic rings. The van der Waals surface area contributed by atoms with E-state index in [2.05, 4.69) is 5.32 Å². The van der Waals surface area contributed by atoms with Crippen LogP contribution in [-0.4, -0.2) is 17.5 Å². The third kappa shape index (κ3) is 2.52. The molecule has 4 nitrogen and oxygen atoms in total.